The minimum Gasteiger partial charge on any atom is -0.444 e. The molecule has 6 heterocycles. The summed E-state index contributed by atoms with van der Waals surface area (Å²) in [5, 5.41) is 3.22. The lowest BCUT2D eigenvalue weighted by molar-refractivity contribution is -0.131. The molecule has 11 heteroatoms. The highest BCUT2D eigenvalue weighted by Crippen LogP contribution is 2.39. The molecule has 6 fully saturated rings. The number of carbonyl (C=O) groups excluding carboxylic acids is 4. The number of rotatable bonds is 12. The van der Waals surface area contributed by atoms with Crippen LogP contribution in [0.2, 0.25) is 0 Å². The average molecular weight is 829 g/mol. The maximum Gasteiger partial charge on any atom is 0.410 e. The van der Waals surface area contributed by atoms with Crippen LogP contribution in [0.5, 0.6) is 0 Å². The molecule has 0 radical (unpaired) electrons. The smallest absolute Gasteiger partial charge is 0.410 e. The van der Waals surface area contributed by atoms with Crippen molar-refractivity contribution in [3.8, 4) is 0 Å². The number of Topliss-reactive ketones (excluding diaryl/α,β-unsaturated/α-hetero) is 3. The predicted molar refractivity (Wildman–Crippen MR) is 240 cm³/mol. The standard InChI is InChI=1S/C19H34N2O3.C15H28N2O.C14H26N2O/c1-14(2)20-11-8-19(6,9-12-20)13-16(22)15-7-10-21(15)17(23)24-18(3,4)5;1-12(2)17-9-6-15(3,7-10-17)11-14(18)13-5-8-16(13)4;1-11(2)16-8-5-14(3,6-9-16)10-13(17)12-4-7-15-12/h14-15H,7-13H2,1-6H3;12-13H,5-11H2,1-4H3;11-12,15H,4-10H2,1-3H3. The summed E-state index contributed by atoms with van der Waals surface area (Å²) in [5.41, 5.74) is 0.0479. The molecule has 1 amide bonds. The SMILES string of the molecule is CC(C)N1CCC(C)(CC(=O)C2CCN2)CC1.CC(C)N1CCC(C)(CC(=O)C2CCN2C(=O)OC(C)(C)C)CC1.CC(C)N1CCC(C)(CC(=O)C2CCN2C)CC1. The first-order chi connectivity index (χ1) is 27.4. The number of ketones is 3. The van der Waals surface area contributed by atoms with Gasteiger partial charge in [0.25, 0.3) is 0 Å². The van der Waals surface area contributed by atoms with Crippen molar-refractivity contribution in [2.45, 2.75) is 202 Å². The summed E-state index contributed by atoms with van der Waals surface area (Å²) in [6.45, 7) is 35.3. The highest BCUT2D eigenvalue weighted by molar-refractivity contribution is 5.89. The van der Waals surface area contributed by atoms with Crippen LogP contribution in [0.25, 0.3) is 0 Å². The van der Waals surface area contributed by atoms with E-state index in [0.29, 0.717) is 42.7 Å². The number of nitrogens with zero attached hydrogens (tertiary/aromatic N) is 5. The molecule has 340 valence electrons. The summed E-state index contributed by atoms with van der Waals surface area (Å²) in [6.07, 6.45) is 11.5. The topological polar surface area (TPSA) is 106 Å². The predicted octanol–water partition coefficient (Wildman–Crippen LogP) is 7.44. The Balaban J connectivity index is 0.000000199. The maximum atomic E-state index is 12.7. The molecule has 11 nitrogen and oxygen atoms in total. The molecule has 3 unspecified atom stereocenters. The summed E-state index contributed by atoms with van der Waals surface area (Å²) in [4.78, 5) is 60.5. The Morgan fingerprint density at radius 1 is 0.576 bits per heavy atom. The van der Waals surface area contributed by atoms with Crippen molar-refractivity contribution in [2.75, 3.05) is 66.0 Å². The van der Waals surface area contributed by atoms with E-state index in [1.54, 1.807) is 4.90 Å². The van der Waals surface area contributed by atoms with Crippen molar-refractivity contribution in [3.63, 3.8) is 0 Å². The van der Waals surface area contributed by atoms with Crippen LogP contribution in [0, 0.1) is 16.2 Å². The van der Waals surface area contributed by atoms with Crippen molar-refractivity contribution in [3.05, 3.63) is 0 Å². The molecule has 0 aromatic heterocycles. The molecule has 3 atom stereocenters. The zero-order valence-corrected chi connectivity index (χ0v) is 40.1. The van der Waals surface area contributed by atoms with E-state index in [0.717, 1.165) is 97.3 Å². The van der Waals surface area contributed by atoms with Gasteiger partial charge >= 0.3 is 6.09 Å². The summed E-state index contributed by atoms with van der Waals surface area (Å²) in [7, 11) is 2.07. The minimum absolute atomic E-state index is 0.0671. The fourth-order valence-corrected chi connectivity index (χ4v) is 9.64. The normalized spacial score (nSPS) is 27.3. The molecule has 0 spiro atoms. The van der Waals surface area contributed by atoms with Crippen LogP contribution in [-0.4, -0.2) is 156 Å². The molecule has 6 aliphatic rings. The third kappa shape index (κ3) is 14.6. The van der Waals surface area contributed by atoms with E-state index in [1.807, 2.05) is 20.8 Å². The summed E-state index contributed by atoms with van der Waals surface area (Å²) >= 11 is 0. The van der Waals surface area contributed by atoms with Crippen LogP contribution in [0.15, 0.2) is 0 Å². The zero-order valence-electron chi connectivity index (χ0n) is 40.1. The third-order valence-electron chi connectivity index (χ3n) is 14.9. The first-order valence-corrected chi connectivity index (χ1v) is 23.7. The van der Waals surface area contributed by atoms with Crippen LogP contribution in [0.3, 0.4) is 0 Å². The average Bonchev–Trinajstić information content (AvgIpc) is 3.06. The molecule has 1 N–H and O–H groups in total. The number of likely N-dealkylation sites (N-methyl/N-ethyl adjacent to an activating group) is 1. The molecular weight excluding hydrogens is 741 g/mol. The Bertz CT molecular complexity index is 1380. The molecule has 6 saturated heterocycles. The second-order valence-corrected chi connectivity index (χ2v) is 22.3. The fourth-order valence-electron chi connectivity index (χ4n) is 9.64. The van der Waals surface area contributed by atoms with E-state index in [-0.39, 0.29) is 46.2 Å². The van der Waals surface area contributed by atoms with Crippen molar-refractivity contribution in [2.24, 2.45) is 16.2 Å². The highest BCUT2D eigenvalue weighted by Gasteiger charge is 2.43. The summed E-state index contributed by atoms with van der Waals surface area (Å²) < 4.78 is 5.41. The Kier molecular flexibility index (Phi) is 17.7. The van der Waals surface area contributed by atoms with Crippen LogP contribution < -0.4 is 5.32 Å². The van der Waals surface area contributed by atoms with Gasteiger partial charge in [0.05, 0.1) is 18.1 Å². The van der Waals surface area contributed by atoms with Gasteiger partial charge < -0.3 is 24.8 Å². The number of ether oxygens (including phenoxy) is 1. The van der Waals surface area contributed by atoms with Gasteiger partial charge in [0.2, 0.25) is 0 Å². The van der Waals surface area contributed by atoms with E-state index in [9.17, 15) is 19.2 Å². The lowest BCUT2D eigenvalue weighted by atomic mass is 9.74. The number of piperidine rings is 3. The number of amides is 1. The highest BCUT2D eigenvalue weighted by atomic mass is 16.6. The maximum absolute atomic E-state index is 12.7. The van der Waals surface area contributed by atoms with Crippen molar-refractivity contribution >= 4 is 23.4 Å². The van der Waals surface area contributed by atoms with Gasteiger partial charge in [0, 0.05) is 50.5 Å². The quantitative estimate of drug-likeness (QED) is 0.214. The molecule has 0 aromatic carbocycles. The third-order valence-corrected chi connectivity index (χ3v) is 14.9. The number of hydrogen-bond donors (Lipinski definition) is 1. The Hall–Kier alpha value is -1.92. The van der Waals surface area contributed by atoms with E-state index < -0.39 is 5.60 Å². The number of nitrogens with one attached hydrogen (secondary N) is 1. The molecule has 0 bridgehead atoms. The molecule has 59 heavy (non-hydrogen) atoms. The molecule has 0 aromatic rings. The van der Waals surface area contributed by atoms with Gasteiger partial charge in [-0.15, -0.1) is 0 Å². The lowest BCUT2D eigenvalue weighted by Gasteiger charge is -2.44. The number of carbonyl (C=O) groups is 4. The lowest BCUT2D eigenvalue weighted by Crippen LogP contribution is -2.57. The molecule has 0 saturated carbocycles. The van der Waals surface area contributed by atoms with E-state index >= 15 is 0 Å². The van der Waals surface area contributed by atoms with E-state index in [4.69, 9.17) is 4.74 Å². The fraction of sp³-hybridized carbons (Fsp3) is 0.917. The van der Waals surface area contributed by atoms with Gasteiger partial charge in [0.15, 0.2) is 11.6 Å². The van der Waals surface area contributed by atoms with Crippen LogP contribution in [-0.2, 0) is 19.1 Å². The summed E-state index contributed by atoms with van der Waals surface area (Å²) in [5.74, 6) is 1.12. The van der Waals surface area contributed by atoms with Crippen molar-refractivity contribution < 1.29 is 23.9 Å². The number of likely N-dealkylation sites (tertiary alicyclic amines) is 5. The Morgan fingerprint density at radius 2 is 0.932 bits per heavy atom. The second-order valence-electron chi connectivity index (χ2n) is 22.3. The molecule has 6 rings (SSSR count). The Labute approximate surface area is 360 Å². The van der Waals surface area contributed by atoms with Gasteiger partial charge in [0.1, 0.15) is 11.4 Å². The van der Waals surface area contributed by atoms with Gasteiger partial charge in [-0.3, -0.25) is 24.2 Å². The van der Waals surface area contributed by atoms with Crippen LogP contribution in [0.4, 0.5) is 4.79 Å². The van der Waals surface area contributed by atoms with E-state index in [2.05, 4.69) is 94.3 Å². The number of hydrogen-bond acceptors (Lipinski definition) is 10. The van der Waals surface area contributed by atoms with Gasteiger partial charge in [-0.2, -0.15) is 0 Å². The second kappa shape index (κ2) is 21.0. The van der Waals surface area contributed by atoms with Gasteiger partial charge in [-0.1, -0.05) is 20.8 Å². The first-order valence-electron chi connectivity index (χ1n) is 23.7. The molecule has 0 aliphatic carbocycles. The van der Waals surface area contributed by atoms with Crippen molar-refractivity contribution in [1.82, 2.24) is 29.8 Å². The summed E-state index contributed by atoms with van der Waals surface area (Å²) in [6, 6.07) is 1.98. The van der Waals surface area contributed by atoms with E-state index in [1.165, 1.54) is 25.7 Å². The molecule has 6 aliphatic heterocycles. The first kappa shape index (κ1) is 49.7. The Morgan fingerprint density at radius 3 is 1.19 bits per heavy atom. The largest absolute Gasteiger partial charge is 0.444 e. The van der Waals surface area contributed by atoms with Crippen molar-refractivity contribution in [1.29, 1.82) is 0 Å². The van der Waals surface area contributed by atoms with Crippen LogP contribution in [0.1, 0.15) is 160 Å². The van der Waals surface area contributed by atoms with Gasteiger partial charge in [-0.05, 0) is 189 Å². The van der Waals surface area contributed by atoms with Crippen LogP contribution >= 0.6 is 0 Å². The molecular formula is C48H88N6O5. The monoisotopic (exact) mass is 829 g/mol. The zero-order chi connectivity index (χ0) is 43.9. The van der Waals surface area contributed by atoms with Gasteiger partial charge in [-0.25, -0.2) is 4.79 Å². The minimum atomic E-state index is -0.518.